The largest absolute Gasteiger partial charge is 0.506 e. The molecule has 0 aromatic heterocycles. The average molecular weight is 627 g/mol. The van der Waals surface area contributed by atoms with Gasteiger partial charge < -0.3 is 40.0 Å². The summed E-state index contributed by atoms with van der Waals surface area (Å²) in [4.78, 5) is 14.0. The minimum absolute atomic E-state index is 0.000569. The zero-order chi connectivity index (χ0) is 31.3. The molecule has 1 fully saturated rings. The van der Waals surface area contributed by atoms with Gasteiger partial charge in [0.2, 0.25) is 5.91 Å². The summed E-state index contributed by atoms with van der Waals surface area (Å²) in [5, 5.41) is 26.7. The third-order valence-electron chi connectivity index (χ3n) is 7.83. The Morgan fingerprint density at radius 2 is 1.68 bits per heavy atom. The zero-order valence-corrected chi connectivity index (χ0v) is 25.5. The summed E-state index contributed by atoms with van der Waals surface area (Å²) in [6.45, 7) is 2.08. The Bertz CT molecular complexity index is 1570. The maximum Gasteiger partial charge on any atom is 0.262 e. The molecule has 1 atom stereocenters. The summed E-state index contributed by atoms with van der Waals surface area (Å²) in [5.41, 5.74) is 2.57. The number of nitrogens with one attached hydrogen (secondary N) is 3. The van der Waals surface area contributed by atoms with Crippen LogP contribution in [0.3, 0.4) is 0 Å². The number of piperidine rings is 1. The van der Waals surface area contributed by atoms with Gasteiger partial charge in [-0.1, -0.05) is 0 Å². The molecule has 44 heavy (non-hydrogen) atoms. The van der Waals surface area contributed by atoms with Crippen LogP contribution >= 0.6 is 0 Å². The first-order valence-electron chi connectivity index (χ1n) is 14.5. The number of amides is 1. The van der Waals surface area contributed by atoms with E-state index in [4.69, 9.17) is 14.2 Å². The topological polar surface area (TPSA) is 159 Å². The second-order valence-corrected chi connectivity index (χ2v) is 12.5. The van der Waals surface area contributed by atoms with Crippen LogP contribution in [0.5, 0.6) is 23.0 Å². The van der Waals surface area contributed by atoms with Crippen LogP contribution in [0.2, 0.25) is 0 Å². The number of nitrogens with zero attached hydrogens (tertiary/aromatic N) is 1. The Labute approximate surface area is 257 Å². The van der Waals surface area contributed by atoms with Gasteiger partial charge in [0.05, 0.1) is 24.8 Å². The highest BCUT2D eigenvalue weighted by molar-refractivity contribution is 7.92. The molecule has 2 aliphatic rings. The van der Waals surface area contributed by atoms with Crippen molar-refractivity contribution in [3.8, 4) is 23.0 Å². The predicted octanol–water partition coefficient (Wildman–Crippen LogP) is 3.09. The number of benzene rings is 3. The Kier molecular flexibility index (Phi) is 9.67. The minimum atomic E-state index is -3.82. The van der Waals surface area contributed by atoms with Gasteiger partial charge in [0, 0.05) is 55.1 Å². The lowest BCUT2D eigenvalue weighted by molar-refractivity contribution is -0.116. The highest BCUT2D eigenvalue weighted by Gasteiger charge is 2.24. The molecule has 0 saturated carbocycles. The minimum Gasteiger partial charge on any atom is -0.506 e. The van der Waals surface area contributed by atoms with Crippen molar-refractivity contribution in [2.45, 2.75) is 42.7 Å². The van der Waals surface area contributed by atoms with E-state index in [-0.39, 0.29) is 29.2 Å². The van der Waals surface area contributed by atoms with Crippen molar-refractivity contribution in [3.05, 3.63) is 60.2 Å². The molecule has 3 aromatic rings. The molecule has 0 unspecified atom stereocenters. The van der Waals surface area contributed by atoms with Crippen LogP contribution in [0.4, 0.5) is 17.1 Å². The van der Waals surface area contributed by atoms with Crippen molar-refractivity contribution in [1.29, 1.82) is 0 Å². The number of phenolic OH excluding ortho intramolecular Hbond substituents is 1. The molecular weight excluding hydrogens is 588 g/mol. The second-order valence-electron chi connectivity index (χ2n) is 10.8. The third-order valence-corrected chi connectivity index (χ3v) is 9.21. The van der Waals surface area contributed by atoms with E-state index in [2.05, 4.69) is 20.3 Å². The first-order valence-corrected chi connectivity index (χ1v) is 15.9. The quantitative estimate of drug-likeness (QED) is 0.189. The van der Waals surface area contributed by atoms with Gasteiger partial charge in [-0.3, -0.25) is 9.52 Å². The maximum absolute atomic E-state index is 12.9. The van der Waals surface area contributed by atoms with E-state index >= 15 is 0 Å². The van der Waals surface area contributed by atoms with Crippen molar-refractivity contribution < 1.29 is 37.6 Å². The SMILES string of the molecule is COc1ccc(S(=O)(=O)Nc2ccc(N3CCC(NC[C@H](O)COc4ccc(O)c5c4CCC(=O)N5)CC3)cc2)cc1OC. The molecule has 13 heteroatoms. The number of aliphatic hydroxyl groups excluding tert-OH is 1. The Balaban J connectivity index is 1.07. The lowest BCUT2D eigenvalue weighted by Gasteiger charge is -2.34. The van der Waals surface area contributed by atoms with Crippen LogP contribution in [-0.2, 0) is 21.2 Å². The van der Waals surface area contributed by atoms with E-state index in [0.717, 1.165) is 37.2 Å². The van der Waals surface area contributed by atoms with Crippen molar-refractivity contribution in [1.82, 2.24) is 5.32 Å². The number of fused-ring (bicyclic) bond motifs is 1. The number of hydrogen-bond acceptors (Lipinski definition) is 10. The van der Waals surface area contributed by atoms with E-state index in [0.29, 0.717) is 48.0 Å². The normalized spacial score (nSPS) is 16.1. The second kappa shape index (κ2) is 13.6. The molecule has 5 N–H and O–H groups in total. The van der Waals surface area contributed by atoms with Gasteiger partial charge in [-0.05, 0) is 67.8 Å². The zero-order valence-electron chi connectivity index (χ0n) is 24.7. The molecule has 2 heterocycles. The molecule has 0 bridgehead atoms. The molecule has 1 saturated heterocycles. The lowest BCUT2D eigenvalue weighted by Crippen LogP contribution is -2.45. The third kappa shape index (κ3) is 7.29. The van der Waals surface area contributed by atoms with Crippen LogP contribution in [0.1, 0.15) is 24.8 Å². The monoisotopic (exact) mass is 626 g/mol. The smallest absolute Gasteiger partial charge is 0.262 e. The van der Waals surface area contributed by atoms with E-state index in [1.54, 1.807) is 24.3 Å². The number of anilines is 3. The molecule has 236 valence electrons. The lowest BCUT2D eigenvalue weighted by atomic mass is 10.0. The van der Waals surface area contributed by atoms with Crippen molar-refractivity contribution in [2.75, 3.05) is 55.4 Å². The van der Waals surface area contributed by atoms with E-state index < -0.39 is 16.1 Å². The number of aliphatic hydroxyl groups is 1. The Morgan fingerprint density at radius 3 is 2.39 bits per heavy atom. The fourth-order valence-electron chi connectivity index (χ4n) is 5.41. The van der Waals surface area contributed by atoms with E-state index in [1.165, 1.54) is 32.4 Å². The Hall–Kier alpha value is -4.20. The highest BCUT2D eigenvalue weighted by atomic mass is 32.2. The highest BCUT2D eigenvalue weighted by Crippen LogP contribution is 2.38. The first-order chi connectivity index (χ1) is 21.2. The van der Waals surface area contributed by atoms with Crippen LogP contribution in [0.25, 0.3) is 0 Å². The fraction of sp³-hybridized carbons (Fsp3) is 0.387. The van der Waals surface area contributed by atoms with Gasteiger partial charge in [-0.2, -0.15) is 0 Å². The van der Waals surface area contributed by atoms with Crippen LogP contribution < -0.4 is 34.5 Å². The van der Waals surface area contributed by atoms with Gasteiger partial charge >= 0.3 is 0 Å². The molecule has 1 amide bonds. The van der Waals surface area contributed by atoms with Crippen LogP contribution in [0.15, 0.2) is 59.5 Å². The van der Waals surface area contributed by atoms with Gasteiger partial charge in [0.25, 0.3) is 10.0 Å². The number of rotatable bonds is 12. The number of methoxy groups -OCH3 is 2. The summed E-state index contributed by atoms with van der Waals surface area (Å²) >= 11 is 0. The maximum atomic E-state index is 12.9. The summed E-state index contributed by atoms with van der Waals surface area (Å²) in [7, 11) is -0.877. The average Bonchev–Trinajstić information content (AvgIpc) is 3.03. The molecule has 0 radical (unpaired) electrons. The number of phenols is 1. The molecule has 5 rings (SSSR count). The number of carbonyl (C=O) groups is 1. The standard InChI is InChI=1S/C31H38N4O8S/c1-41-28-10-7-24(17-29(28)42-2)44(39,40)34-21-3-5-22(6-4-21)35-15-13-20(14-16-35)32-18-23(36)19-43-27-11-9-26(37)31-25(27)8-12-30(38)33-31/h3-7,9-11,17,20,23,32,34,36-37H,8,12-16,18-19H2,1-2H3,(H,33,38)/t23-/m0/s1. The molecular formula is C31H38N4O8S. The van der Waals surface area contributed by atoms with Crippen molar-refractivity contribution in [3.63, 3.8) is 0 Å². The number of sulfonamides is 1. The molecule has 12 nitrogen and oxygen atoms in total. The van der Waals surface area contributed by atoms with Crippen LogP contribution in [0, 0.1) is 0 Å². The van der Waals surface area contributed by atoms with Crippen LogP contribution in [-0.4, -0.2) is 77.1 Å². The molecule has 3 aromatic carbocycles. The summed E-state index contributed by atoms with van der Waals surface area (Å²) < 4.78 is 44.7. The summed E-state index contributed by atoms with van der Waals surface area (Å²) in [6.07, 6.45) is 1.82. The Morgan fingerprint density at radius 1 is 0.977 bits per heavy atom. The number of carbonyl (C=O) groups excluding carboxylic acids is 1. The van der Waals surface area contributed by atoms with E-state index in [9.17, 15) is 23.4 Å². The first kappa shape index (κ1) is 31.2. The van der Waals surface area contributed by atoms with Gasteiger partial charge in [-0.25, -0.2) is 8.42 Å². The molecule has 2 aliphatic heterocycles. The summed E-state index contributed by atoms with van der Waals surface area (Å²) in [5.74, 6) is 1.18. The van der Waals surface area contributed by atoms with Crippen molar-refractivity contribution in [2.24, 2.45) is 0 Å². The number of aromatic hydroxyl groups is 1. The fourth-order valence-corrected chi connectivity index (χ4v) is 6.48. The predicted molar refractivity (Wildman–Crippen MR) is 167 cm³/mol. The van der Waals surface area contributed by atoms with Crippen molar-refractivity contribution >= 4 is 33.0 Å². The van der Waals surface area contributed by atoms with Gasteiger partial charge in [0.1, 0.15) is 24.2 Å². The molecule has 0 spiro atoms. The number of ether oxygens (including phenoxy) is 3. The van der Waals surface area contributed by atoms with Gasteiger partial charge in [0.15, 0.2) is 11.5 Å². The van der Waals surface area contributed by atoms with Gasteiger partial charge in [-0.15, -0.1) is 0 Å². The summed E-state index contributed by atoms with van der Waals surface area (Å²) in [6, 6.07) is 15.1. The molecule has 0 aliphatic carbocycles. The number of hydrogen-bond donors (Lipinski definition) is 5. The van der Waals surface area contributed by atoms with E-state index in [1.807, 2.05) is 12.1 Å².